The molecule has 3 aromatic rings. The first kappa shape index (κ1) is 19.3. The van der Waals surface area contributed by atoms with Gasteiger partial charge in [0.05, 0.1) is 18.7 Å². The average molecular weight is 407 g/mol. The Morgan fingerprint density at radius 2 is 1.87 bits per heavy atom. The lowest BCUT2D eigenvalue weighted by Crippen LogP contribution is -3.20. The highest BCUT2D eigenvalue weighted by molar-refractivity contribution is 5.85. The van der Waals surface area contributed by atoms with Crippen LogP contribution >= 0.6 is 0 Å². The van der Waals surface area contributed by atoms with E-state index in [1.165, 1.54) is 36.4 Å². The Balaban J connectivity index is 1.31. The number of rotatable bonds is 4. The molecule has 156 valence electrons. The summed E-state index contributed by atoms with van der Waals surface area (Å²) in [5, 5.41) is 1.04. The van der Waals surface area contributed by atoms with Crippen molar-refractivity contribution in [2.75, 3.05) is 19.8 Å². The topological polar surface area (TPSA) is 48.3 Å². The summed E-state index contributed by atoms with van der Waals surface area (Å²) in [6.07, 6.45) is 3.22. The first-order valence-electron chi connectivity index (χ1n) is 11.1. The lowest BCUT2D eigenvalue weighted by Gasteiger charge is -2.36. The van der Waals surface area contributed by atoms with Crippen molar-refractivity contribution in [1.82, 2.24) is 0 Å². The van der Waals surface area contributed by atoms with Crippen molar-refractivity contribution in [2.45, 2.75) is 45.3 Å². The van der Waals surface area contributed by atoms with Crippen LogP contribution in [0.4, 0.5) is 0 Å². The number of aryl methyl sites for hydroxylation is 1. The average Bonchev–Trinajstić information content (AvgIpc) is 2.79. The summed E-state index contributed by atoms with van der Waals surface area (Å²) in [6.45, 7) is 7.13. The number of piperidine rings is 1. The fourth-order valence-corrected chi connectivity index (χ4v) is 5.13. The van der Waals surface area contributed by atoms with Crippen molar-refractivity contribution in [2.24, 2.45) is 0 Å². The number of quaternary nitrogens is 2. The summed E-state index contributed by atoms with van der Waals surface area (Å²) in [5.41, 5.74) is 3.98. The lowest BCUT2D eigenvalue weighted by atomic mass is 9.99. The van der Waals surface area contributed by atoms with E-state index in [2.05, 4.69) is 37.3 Å². The number of ether oxygens (including phenoxy) is 1. The van der Waals surface area contributed by atoms with Crippen LogP contribution < -0.4 is 20.2 Å². The van der Waals surface area contributed by atoms with Gasteiger partial charge in [-0.15, -0.1) is 0 Å². The Morgan fingerprint density at radius 3 is 2.63 bits per heavy atom. The number of likely N-dealkylation sites (tertiary alicyclic amines) is 1. The van der Waals surface area contributed by atoms with Gasteiger partial charge in [-0.1, -0.05) is 37.3 Å². The Kier molecular flexibility index (Phi) is 5.32. The standard InChI is InChI=1S/C25H28N2O3/c1-2-19-14-24(28)30-25-21(19)8-9-23-22(25)16-27(17-29-23)20-10-12-26(13-11-20)15-18-6-4-3-5-7-18/h3-9,14,20H,2,10-13,15-17H2,1H3/p+2. The van der Waals surface area contributed by atoms with Gasteiger partial charge in [0.15, 0.2) is 5.58 Å². The molecule has 0 amide bonds. The fourth-order valence-electron chi connectivity index (χ4n) is 5.13. The first-order chi connectivity index (χ1) is 14.7. The van der Waals surface area contributed by atoms with Crippen molar-refractivity contribution < 1.29 is 19.0 Å². The van der Waals surface area contributed by atoms with Crippen LogP contribution in [0.25, 0.3) is 11.0 Å². The van der Waals surface area contributed by atoms with Crippen molar-refractivity contribution >= 4 is 11.0 Å². The van der Waals surface area contributed by atoms with E-state index < -0.39 is 0 Å². The summed E-state index contributed by atoms with van der Waals surface area (Å²) >= 11 is 0. The van der Waals surface area contributed by atoms with E-state index in [1.54, 1.807) is 11.0 Å². The summed E-state index contributed by atoms with van der Waals surface area (Å²) in [7, 11) is 0. The van der Waals surface area contributed by atoms with Gasteiger partial charge in [0.25, 0.3) is 0 Å². The third kappa shape index (κ3) is 3.75. The molecule has 0 aliphatic carbocycles. The zero-order valence-corrected chi connectivity index (χ0v) is 17.6. The van der Waals surface area contributed by atoms with Crippen LogP contribution in [0.3, 0.4) is 0 Å². The zero-order valence-electron chi connectivity index (χ0n) is 17.6. The monoisotopic (exact) mass is 406 g/mol. The molecule has 1 fully saturated rings. The van der Waals surface area contributed by atoms with Gasteiger partial charge in [-0.2, -0.15) is 0 Å². The molecule has 1 unspecified atom stereocenters. The van der Waals surface area contributed by atoms with Gasteiger partial charge in [-0.3, -0.25) is 4.90 Å². The first-order valence-corrected chi connectivity index (χ1v) is 11.1. The van der Waals surface area contributed by atoms with Gasteiger partial charge in [-0.25, -0.2) is 4.79 Å². The second-order valence-corrected chi connectivity index (χ2v) is 8.67. The van der Waals surface area contributed by atoms with Crippen LogP contribution in [0.5, 0.6) is 5.75 Å². The second-order valence-electron chi connectivity index (χ2n) is 8.67. The molecule has 1 saturated heterocycles. The summed E-state index contributed by atoms with van der Waals surface area (Å²) in [5.74, 6) is 0.870. The molecular formula is C25H30N2O3+2. The Labute approximate surface area is 176 Å². The third-order valence-corrected chi connectivity index (χ3v) is 6.82. The number of benzene rings is 2. The van der Waals surface area contributed by atoms with Gasteiger partial charge < -0.3 is 14.1 Å². The van der Waals surface area contributed by atoms with Gasteiger partial charge in [0, 0.05) is 29.9 Å². The molecule has 3 heterocycles. The van der Waals surface area contributed by atoms with Crippen LogP contribution in [0.2, 0.25) is 0 Å². The number of hydrogen-bond acceptors (Lipinski definition) is 3. The smallest absolute Gasteiger partial charge is 0.336 e. The quantitative estimate of drug-likeness (QED) is 0.643. The molecule has 5 rings (SSSR count). The molecule has 0 spiro atoms. The molecule has 0 saturated carbocycles. The van der Waals surface area contributed by atoms with Crippen molar-refractivity contribution in [1.29, 1.82) is 0 Å². The van der Waals surface area contributed by atoms with E-state index in [9.17, 15) is 4.79 Å². The zero-order chi connectivity index (χ0) is 20.5. The minimum absolute atomic E-state index is 0.266. The molecule has 2 N–H and O–H groups in total. The van der Waals surface area contributed by atoms with Gasteiger partial charge >= 0.3 is 5.63 Å². The maximum atomic E-state index is 12.1. The molecule has 0 bridgehead atoms. The second kappa shape index (κ2) is 8.25. The minimum atomic E-state index is -0.266. The molecule has 1 aromatic heterocycles. The van der Waals surface area contributed by atoms with Crippen LogP contribution in [0.1, 0.15) is 36.5 Å². The summed E-state index contributed by atoms with van der Waals surface area (Å²) in [4.78, 5) is 15.2. The van der Waals surface area contributed by atoms with Crippen molar-refractivity contribution in [3.8, 4) is 5.75 Å². The maximum Gasteiger partial charge on any atom is 0.336 e. The van der Waals surface area contributed by atoms with E-state index in [-0.39, 0.29) is 5.63 Å². The molecule has 5 heteroatoms. The third-order valence-electron chi connectivity index (χ3n) is 6.82. The molecule has 2 aliphatic rings. The molecule has 1 atom stereocenters. The number of nitrogens with one attached hydrogen (secondary N) is 2. The van der Waals surface area contributed by atoms with Crippen LogP contribution in [0, 0.1) is 0 Å². The highest BCUT2D eigenvalue weighted by atomic mass is 16.5. The van der Waals surface area contributed by atoms with E-state index in [0.29, 0.717) is 12.8 Å². The minimum Gasteiger partial charge on any atom is -0.445 e. The Hall–Kier alpha value is -2.63. The van der Waals surface area contributed by atoms with Crippen LogP contribution in [0.15, 0.2) is 57.7 Å². The van der Waals surface area contributed by atoms with E-state index in [4.69, 9.17) is 9.15 Å². The predicted molar refractivity (Wildman–Crippen MR) is 116 cm³/mol. The number of hydrogen-bond donors (Lipinski definition) is 2. The Bertz CT molecular complexity index is 1080. The Morgan fingerprint density at radius 1 is 1.07 bits per heavy atom. The molecule has 2 aromatic carbocycles. The maximum absolute atomic E-state index is 12.1. The van der Waals surface area contributed by atoms with E-state index in [1.807, 2.05) is 12.1 Å². The predicted octanol–water partition coefficient (Wildman–Crippen LogP) is 1.34. The van der Waals surface area contributed by atoms with Gasteiger partial charge in [0.1, 0.15) is 24.9 Å². The molecule has 0 radical (unpaired) electrons. The van der Waals surface area contributed by atoms with Crippen LogP contribution in [-0.4, -0.2) is 25.9 Å². The van der Waals surface area contributed by atoms with Crippen LogP contribution in [-0.2, 0) is 19.5 Å². The number of fused-ring (bicyclic) bond motifs is 3. The van der Waals surface area contributed by atoms with E-state index in [0.717, 1.165) is 47.4 Å². The van der Waals surface area contributed by atoms with Crippen molar-refractivity contribution in [3.05, 3.63) is 75.6 Å². The molecule has 30 heavy (non-hydrogen) atoms. The normalized spacial score (nSPS) is 23.7. The summed E-state index contributed by atoms with van der Waals surface area (Å²) < 4.78 is 11.8. The van der Waals surface area contributed by atoms with Gasteiger partial charge in [-0.05, 0) is 24.1 Å². The molecular weight excluding hydrogens is 376 g/mol. The SMILES string of the molecule is CCc1cc(=O)oc2c3c(ccc12)OC[NH+](C1CC[NH+](Cc2ccccc2)CC1)C3. The fraction of sp³-hybridized carbons (Fsp3) is 0.400. The lowest BCUT2D eigenvalue weighted by molar-refractivity contribution is -0.981. The van der Waals surface area contributed by atoms with Crippen molar-refractivity contribution in [3.63, 3.8) is 0 Å². The van der Waals surface area contributed by atoms with Gasteiger partial charge in [0.2, 0.25) is 6.73 Å². The largest absolute Gasteiger partial charge is 0.445 e. The summed E-state index contributed by atoms with van der Waals surface area (Å²) in [6, 6.07) is 17.1. The molecule has 5 nitrogen and oxygen atoms in total. The molecule has 2 aliphatic heterocycles. The highest BCUT2D eigenvalue weighted by Gasteiger charge is 2.34. The highest BCUT2D eigenvalue weighted by Crippen LogP contribution is 2.30. The van der Waals surface area contributed by atoms with E-state index >= 15 is 0 Å².